The van der Waals surface area contributed by atoms with Gasteiger partial charge in [-0.1, -0.05) is 13.8 Å². The lowest BCUT2D eigenvalue weighted by Crippen LogP contribution is -2.03. The van der Waals surface area contributed by atoms with Gasteiger partial charge >= 0.3 is 5.97 Å². The highest BCUT2D eigenvalue weighted by Gasteiger charge is 2.16. The zero-order valence-electron chi connectivity index (χ0n) is 11.6. The standard InChI is InChI=1S/C15H20N2O2/c1-9(2)12-6-11(15(18)19)7-13-10(4-5-16)8-17(3)14(12)13/h6-9H,4-5,16H2,1-3H3,(H,18,19). The Hall–Kier alpha value is -1.81. The highest BCUT2D eigenvalue weighted by Crippen LogP contribution is 2.30. The molecule has 0 aliphatic rings. The highest BCUT2D eigenvalue weighted by molar-refractivity contribution is 5.96. The third-order valence-corrected chi connectivity index (χ3v) is 3.47. The zero-order chi connectivity index (χ0) is 14.2. The molecule has 0 spiro atoms. The molecule has 102 valence electrons. The van der Waals surface area contributed by atoms with Gasteiger partial charge in [0, 0.05) is 18.6 Å². The minimum atomic E-state index is -0.883. The second-order valence-corrected chi connectivity index (χ2v) is 5.23. The smallest absolute Gasteiger partial charge is 0.335 e. The maximum atomic E-state index is 11.3. The van der Waals surface area contributed by atoms with Crippen LogP contribution in [-0.4, -0.2) is 22.2 Å². The summed E-state index contributed by atoms with van der Waals surface area (Å²) in [6.07, 6.45) is 2.81. The lowest BCUT2D eigenvalue weighted by atomic mass is 9.96. The van der Waals surface area contributed by atoms with E-state index in [4.69, 9.17) is 5.73 Å². The van der Waals surface area contributed by atoms with Crippen LogP contribution in [-0.2, 0) is 13.5 Å². The van der Waals surface area contributed by atoms with E-state index < -0.39 is 5.97 Å². The Kier molecular flexibility index (Phi) is 3.62. The van der Waals surface area contributed by atoms with Crippen molar-refractivity contribution in [2.75, 3.05) is 6.54 Å². The van der Waals surface area contributed by atoms with E-state index in [2.05, 4.69) is 24.6 Å². The fourth-order valence-electron chi connectivity index (χ4n) is 2.58. The number of aryl methyl sites for hydroxylation is 1. The molecule has 0 aliphatic heterocycles. The van der Waals surface area contributed by atoms with Gasteiger partial charge in [-0.25, -0.2) is 4.79 Å². The largest absolute Gasteiger partial charge is 0.478 e. The van der Waals surface area contributed by atoms with E-state index in [0.717, 1.165) is 28.5 Å². The van der Waals surface area contributed by atoms with E-state index in [1.54, 1.807) is 12.1 Å². The number of hydrogen-bond acceptors (Lipinski definition) is 2. The normalized spacial score (nSPS) is 11.4. The third kappa shape index (κ3) is 2.36. The third-order valence-electron chi connectivity index (χ3n) is 3.47. The molecule has 4 heteroatoms. The Labute approximate surface area is 112 Å². The number of aromatic nitrogens is 1. The van der Waals surface area contributed by atoms with E-state index >= 15 is 0 Å². The van der Waals surface area contributed by atoms with Crippen LogP contribution in [0.1, 0.15) is 41.3 Å². The molecule has 0 aliphatic carbocycles. The van der Waals surface area contributed by atoms with Crippen molar-refractivity contribution in [1.82, 2.24) is 4.57 Å². The van der Waals surface area contributed by atoms with Gasteiger partial charge in [0.15, 0.2) is 0 Å². The maximum absolute atomic E-state index is 11.3. The van der Waals surface area contributed by atoms with Crippen LogP contribution in [0.3, 0.4) is 0 Å². The van der Waals surface area contributed by atoms with E-state index in [1.807, 2.05) is 7.05 Å². The second-order valence-electron chi connectivity index (χ2n) is 5.23. The van der Waals surface area contributed by atoms with Gasteiger partial charge in [-0.2, -0.15) is 0 Å². The van der Waals surface area contributed by atoms with Crippen molar-refractivity contribution in [3.63, 3.8) is 0 Å². The number of hydrogen-bond donors (Lipinski definition) is 2. The predicted octanol–water partition coefficient (Wildman–Crippen LogP) is 2.50. The number of nitrogens with zero attached hydrogens (tertiary/aromatic N) is 1. The molecule has 1 aromatic carbocycles. The first-order valence-electron chi connectivity index (χ1n) is 6.51. The van der Waals surface area contributed by atoms with Crippen LogP contribution in [0.15, 0.2) is 18.3 Å². The number of carbonyl (C=O) groups is 1. The van der Waals surface area contributed by atoms with Gasteiger partial charge in [0.2, 0.25) is 0 Å². The van der Waals surface area contributed by atoms with Gasteiger partial charge < -0.3 is 15.4 Å². The average Bonchev–Trinajstić information content (AvgIpc) is 2.66. The summed E-state index contributed by atoms with van der Waals surface area (Å²) in [6.45, 7) is 4.72. The SMILES string of the molecule is CC(C)c1cc(C(=O)O)cc2c(CCN)cn(C)c12. The molecule has 19 heavy (non-hydrogen) atoms. The minimum Gasteiger partial charge on any atom is -0.478 e. The Morgan fingerprint density at radius 1 is 1.42 bits per heavy atom. The number of fused-ring (bicyclic) bond motifs is 1. The number of carboxylic acids is 1. The molecule has 0 bridgehead atoms. The van der Waals surface area contributed by atoms with Crippen LogP contribution in [0.4, 0.5) is 0 Å². The summed E-state index contributed by atoms with van der Waals surface area (Å²) in [6, 6.07) is 3.54. The first-order valence-corrected chi connectivity index (χ1v) is 6.51. The molecule has 0 atom stereocenters. The fourth-order valence-corrected chi connectivity index (χ4v) is 2.58. The van der Waals surface area contributed by atoms with E-state index in [1.165, 1.54) is 0 Å². The monoisotopic (exact) mass is 260 g/mol. The summed E-state index contributed by atoms with van der Waals surface area (Å²) in [4.78, 5) is 11.3. The summed E-state index contributed by atoms with van der Waals surface area (Å²) in [5, 5.41) is 10.3. The zero-order valence-corrected chi connectivity index (χ0v) is 11.6. The van der Waals surface area contributed by atoms with Crippen molar-refractivity contribution in [3.05, 3.63) is 35.0 Å². The van der Waals surface area contributed by atoms with Crippen molar-refractivity contribution < 1.29 is 9.90 Å². The minimum absolute atomic E-state index is 0.279. The summed E-state index contributed by atoms with van der Waals surface area (Å²) in [5.41, 5.74) is 9.28. The van der Waals surface area contributed by atoms with Crippen molar-refractivity contribution in [1.29, 1.82) is 0 Å². The molecule has 0 radical (unpaired) electrons. The lowest BCUT2D eigenvalue weighted by molar-refractivity contribution is 0.0697. The van der Waals surface area contributed by atoms with Crippen LogP contribution < -0.4 is 5.73 Å². The second kappa shape index (κ2) is 5.05. The van der Waals surface area contributed by atoms with Crippen molar-refractivity contribution in [2.45, 2.75) is 26.2 Å². The van der Waals surface area contributed by atoms with Crippen LogP contribution >= 0.6 is 0 Å². The van der Waals surface area contributed by atoms with Crippen LogP contribution in [0.2, 0.25) is 0 Å². The van der Waals surface area contributed by atoms with Crippen molar-refractivity contribution in [2.24, 2.45) is 12.8 Å². The van der Waals surface area contributed by atoms with Gasteiger partial charge in [-0.15, -0.1) is 0 Å². The molecule has 2 aromatic rings. The topological polar surface area (TPSA) is 68.2 Å². The summed E-state index contributed by atoms with van der Waals surface area (Å²) < 4.78 is 2.07. The molecule has 0 saturated heterocycles. The number of benzene rings is 1. The van der Waals surface area contributed by atoms with E-state index in [-0.39, 0.29) is 5.92 Å². The lowest BCUT2D eigenvalue weighted by Gasteiger charge is -2.11. The predicted molar refractivity (Wildman–Crippen MR) is 76.7 cm³/mol. The van der Waals surface area contributed by atoms with Crippen molar-refractivity contribution in [3.8, 4) is 0 Å². The molecule has 4 nitrogen and oxygen atoms in total. The Balaban J connectivity index is 2.80. The molecular formula is C15H20N2O2. The quantitative estimate of drug-likeness (QED) is 0.887. The Bertz CT molecular complexity index is 627. The van der Waals surface area contributed by atoms with E-state index in [0.29, 0.717) is 12.1 Å². The summed E-state index contributed by atoms with van der Waals surface area (Å²) >= 11 is 0. The molecule has 1 heterocycles. The van der Waals surface area contributed by atoms with Gasteiger partial charge in [-0.05, 0) is 42.1 Å². The Morgan fingerprint density at radius 3 is 2.63 bits per heavy atom. The summed E-state index contributed by atoms with van der Waals surface area (Å²) in [5.74, 6) is -0.604. The number of rotatable bonds is 4. The van der Waals surface area contributed by atoms with Gasteiger partial charge in [-0.3, -0.25) is 0 Å². The molecular weight excluding hydrogens is 240 g/mol. The number of aromatic carboxylic acids is 1. The molecule has 3 N–H and O–H groups in total. The molecule has 0 amide bonds. The van der Waals surface area contributed by atoms with Gasteiger partial charge in [0.25, 0.3) is 0 Å². The van der Waals surface area contributed by atoms with Gasteiger partial charge in [0.05, 0.1) is 11.1 Å². The molecule has 0 fully saturated rings. The van der Waals surface area contributed by atoms with Crippen LogP contribution in [0, 0.1) is 0 Å². The van der Waals surface area contributed by atoms with Crippen LogP contribution in [0.25, 0.3) is 10.9 Å². The molecule has 0 unspecified atom stereocenters. The first kappa shape index (κ1) is 13.6. The molecule has 1 aromatic heterocycles. The van der Waals surface area contributed by atoms with E-state index in [9.17, 15) is 9.90 Å². The number of carboxylic acid groups (broad SMARTS) is 1. The maximum Gasteiger partial charge on any atom is 0.335 e. The van der Waals surface area contributed by atoms with Gasteiger partial charge in [0.1, 0.15) is 0 Å². The Morgan fingerprint density at radius 2 is 2.11 bits per heavy atom. The fraction of sp³-hybridized carbons (Fsp3) is 0.400. The van der Waals surface area contributed by atoms with Crippen LogP contribution in [0.5, 0.6) is 0 Å². The molecule has 0 saturated carbocycles. The number of nitrogens with two attached hydrogens (primary N) is 1. The highest BCUT2D eigenvalue weighted by atomic mass is 16.4. The molecule has 2 rings (SSSR count). The summed E-state index contributed by atoms with van der Waals surface area (Å²) in [7, 11) is 1.99. The first-order chi connectivity index (χ1) is 8.95. The average molecular weight is 260 g/mol. The van der Waals surface area contributed by atoms with Crippen molar-refractivity contribution >= 4 is 16.9 Å².